The minimum atomic E-state index is -1.75. The normalized spacial score (nSPS) is 35.4. The molecule has 9 rings (SSSR count). The van der Waals surface area contributed by atoms with Gasteiger partial charge in [0, 0.05) is 17.3 Å². The Balaban J connectivity index is 1.29. The van der Waals surface area contributed by atoms with E-state index in [9.17, 15) is 15.2 Å². The lowest BCUT2D eigenvalue weighted by Gasteiger charge is -2.52. The van der Waals surface area contributed by atoms with Crippen molar-refractivity contribution in [3.8, 4) is 11.8 Å². The number of amides is 1. The largest absolute Gasteiger partial charge is 0.497 e. The van der Waals surface area contributed by atoms with Crippen LogP contribution in [-0.2, 0) is 20.9 Å². The molecule has 0 radical (unpaired) electrons. The maximum Gasteiger partial charge on any atom is 0.237 e. The summed E-state index contributed by atoms with van der Waals surface area (Å²) in [7, 11) is 1.62. The van der Waals surface area contributed by atoms with Crippen LogP contribution in [0.1, 0.15) is 41.9 Å². The van der Waals surface area contributed by atoms with Crippen LogP contribution in [0.5, 0.6) is 5.75 Å². The molecule has 7 nitrogen and oxygen atoms in total. The van der Waals surface area contributed by atoms with Crippen molar-refractivity contribution >= 4 is 22.4 Å². The van der Waals surface area contributed by atoms with Gasteiger partial charge in [0.25, 0.3) is 0 Å². The summed E-state index contributed by atoms with van der Waals surface area (Å²) in [6.07, 6.45) is 1.80. The van der Waals surface area contributed by atoms with Gasteiger partial charge in [0.15, 0.2) is 0 Å². The molecule has 0 bridgehead atoms. The van der Waals surface area contributed by atoms with E-state index >= 15 is 0 Å². The maximum atomic E-state index is 14.1. The number of hydrogen-bond acceptors (Lipinski definition) is 6. The second-order valence-corrected chi connectivity index (χ2v) is 12.7. The Kier molecular flexibility index (Phi) is 4.97. The number of aliphatic hydroxyl groups is 1. The van der Waals surface area contributed by atoms with Crippen LogP contribution in [0.4, 0.5) is 5.69 Å². The SMILES string of the molecule is COc1ccc(N2C(=O)[C@H](c3ccccc3)[C@H]2[C@H]2O[C@]3(O)c4cccc5cccc(c45)[C@@]34N3CCC[C@@H]3C[C@@]24C#N)cc1. The third-order valence-corrected chi connectivity index (χ3v) is 11.1. The highest BCUT2D eigenvalue weighted by molar-refractivity contribution is 6.07. The molecule has 0 saturated carbocycles. The van der Waals surface area contributed by atoms with Crippen molar-refractivity contribution in [2.45, 2.75) is 54.7 Å². The Morgan fingerprint density at radius 3 is 2.44 bits per heavy atom. The van der Waals surface area contributed by atoms with Crippen molar-refractivity contribution < 1.29 is 19.4 Å². The molecule has 1 aliphatic carbocycles. The number of fused-ring (bicyclic) bond motifs is 2. The number of nitriles is 1. The van der Waals surface area contributed by atoms with Crippen molar-refractivity contribution in [1.29, 1.82) is 5.26 Å². The lowest BCUT2D eigenvalue weighted by molar-refractivity contribution is -0.256. The van der Waals surface area contributed by atoms with E-state index in [-0.39, 0.29) is 11.9 Å². The lowest BCUT2D eigenvalue weighted by atomic mass is 9.59. The second kappa shape index (κ2) is 8.45. The molecule has 7 atom stereocenters. The van der Waals surface area contributed by atoms with Crippen LogP contribution in [0.3, 0.4) is 0 Å². The number of carbonyl (C=O) groups is 1. The molecule has 4 aliphatic heterocycles. The third kappa shape index (κ3) is 2.74. The number of ether oxygens (including phenoxy) is 2. The van der Waals surface area contributed by atoms with Gasteiger partial charge in [-0.25, -0.2) is 0 Å². The van der Waals surface area contributed by atoms with E-state index in [2.05, 4.69) is 29.2 Å². The fourth-order valence-corrected chi connectivity index (χ4v) is 9.63. The predicted molar refractivity (Wildman–Crippen MR) is 160 cm³/mol. The molecular formula is C36H31N3O4. The van der Waals surface area contributed by atoms with Crippen LogP contribution < -0.4 is 9.64 Å². The van der Waals surface area contributed by atoms with Gasteiger partial charge in [-0.05, 0) is 72.0 Å². The van der Waals surface area contributed by atoms with Gasteiger partial charge in [0.05, 0.1) is 25.1 Å². The third-order valence-electron chi connectivity index (χ3n) is 11.1. The molecule has 1 amide bonds. The average molecular weight is 570 g/mol. The molecule has 0 aromatic heterocycles. The number of carbonyl (C=O) groups excluding carboxylic acids is 1. The highest BCUT2D eigenvalue weighted by Gasteiger charge is 2.86. The van der Waals surface area contributed by atoms with Crippen LogP contribution in [0, 0.1) is 16.7 Å². The highest BCUT2D eigenvalue weighted by atomic mass is 16.6. The van der Waals surface area contributed by atoms with Gasteiger partial charge in [-0.15, -0.1) is 0 Å². The Morgan fingerprint density at radius 2 is 1.72 bits per heavy atom. The van der Waals surface area contributed by atoms with Crippen LogP contribution in [0.2, 0.25) is 0 Å². The predicted octanol–water partition coefficient (Wildman–Crippen LogP) is 5.18. The molecule has 4 aromatic rings. The second-order valence-electron chi connectivity index (χ2n) is 12.7. The molecular weight excluding hydrogens is 538 g/mol. The molecule has 7 heteroatoms. The number of rotatable bonds is 4. The van der Waals surface area contributed by atoms with Gasteiger partial charge < -0.3 is 19.5 Å². The number of methoxy groups -OCH3 is 1. The standard InChI is InChI=1S/C36H31N3O4/c1-42-26-17-15-24(16-18-26)39-31(30(33(39)40)23-8-3-2-4-9-23)32-34(21-37)20-25-12-7-19-38(25)35(34)27-13-5-10-22-11-6-14-28(29(22)27)36(35,41)43-32/h2-6,8-11,13-18,25,30-32,41H,7,12,19-20H2,1H3/t25-,30-,31+,32-,34-,35+,36-/m1/s1. The van der Waals surface area contributed by atoms with Gasteiger partial charge in [0.1, 0.15) is 22.8 Å². The Bertz CT molecular complexity index is 1850. The van der Waals surface area contributed by atoms with Crippen molar-refractivity contribution in [2.24, 2.45) is 5.41 Å². The molecule has 4 saturated heterocycles. The summed E-state index contributed by atoms with van der Waals surface area (Å²) in [5.41, 5.74) is 1.10. The molecule has 4 aromatic carbocycles. The number of hydrogen-bond donors (Lipinski definition) is 1. The van der Waals surface area contributed by atoms with Crippen molar-refractivity contribution in [1.82, 2.24) is 4.90 Å². The van der Waals surface area contributed by atoms with Gasteiger partial charge >= 0.3 is 0 Å². The molecule has 5 aliphatic rings. The summed E-state index contributed by atoms with van der Waals surface area (Å²) >= 11 is 0. The minimum absolute atomic E-state index is 0.0443. The summed E-state index contributed by atoms with van der Waals surface area (Å²) < 4.78 is 12.5. The van der Waals surface area contributed by atoms with Crippen molar-refractivity contribution in [3.05, 3.63) is 108 Å². The van der Waals surface area contributed by atoms with Crippen molar-refractivity contribution in [2.75, 3.05) is 18.6 Å². The summed E-state index contributed by atoms with van der Waals surface area (Å²) in [4.78, 5) is 18.3. The first-order valence-electron chi connectivity index (χ1n) is 15.1. The Labute approximate surface area is 249 Å². The molecule has 214 valence electrons. The Morgan fingerprint density at radius 1 is 0.977 bits per heavy atom. The van der Waals surface area contributed by atoms with E-state index in [1.807, 2.05) is 72.8 Å². The molecule has 4 heterocycles. The highest BCUT2D eigenvalue weighted by Crippen LogP contribution is 2.76. The maximum absolute atomic E-state index is 14.1. The van der Waals surface area contributed by atoms with Gasteiger partial charge in [-0.1, -0.05) is 66.7 Å². The lowest BCUT2D eigenvalue weighted by Crippen LogP contribution is -2.68. The molecule has 1 N–H and O–H groups in total. The summed E-state index contributed by atoms with van der Waals surface area (Å²) in [5, 5.41) is 26.6. The van der Waals surface area contributed by atoms with Crippen LogP contribution in [0.25, 0.3) is 10.8 Å². The van der Waals surface area contributed by atoms with Gasteiger partial charge in [-0.2, -0.15) is 5.26 Å². The summed E-state index contributed by atoms with van der Waals surface area (Å²) in [6.45, 7) is 0.783. The zero-order valence-electron chi connectivity index (χ0n) is 23.8. The van der Waals surface area contributed by atoms with Gasteiger partial charge in [-0.3, -0.25) is 9.69 Å². The number of anilines is 1. The molecule has 43 heavy (non-hydrogen) atoms. The summed E-state index contributed by atoms with van der Waals surface area (Å²) in [6, 6.07) is 31.9. The first-order valence-corrected chi connectivity index (χ1v) is 15.1. The number of benzene rings is 4. The summed E-state index contributed by atoms with van der Waals surface area (Å²) in [5.74, 6) is -1.61. The molecule has 1 spiro atoms. The van der Waals surface area contributed by atoms with E-state index in [1.165, 1.54) is 0 Å². The van der Waals surface area contributed by atoms with Gasteiger partial charge in [0.2, 0.25) is 11.7 Å². The minimum Gasteiger partial charge on any atom is -0.497 e. The van der Waals surface area contributed by atoms with Crippen LogP contribution >= 0.6 is 0 Å². The molecule has 4 fully saturated rings. The number of nitrogens with zero attached hydrogens (tertiary/aromatic N) is 3. The zero-order chi connectivity index (χ0) is 29.1. The zero-order valence-corrected chi connectivity index (χ0v) is 23.8. The van der Waals surface area contributed by atoms with Crippen LogP contribution in [0.15, 0.2) is 91.0 Å². The fraction of sp³-hybridized carbons (Fsp3) is 0.333. The topological polar surface area (TPSA) is 86.0 Å². The van der Waals surface area contributed by atoms with E-state index in [0.29, 0.717) is 17.7 Å². The van der Waals surface area contributed by atoms with Crippen molar-refractivity contribution in [3.63, 3.8) is 0 Å². The Hall–Kier alpha value is -4.22. The smallest absolute Gasteiger partial charge is 0.237 e. The first-order chi connectivity index (χ1) is 21.0. The molecule has 0 unspecified atom stereocenters. The quantitative estimate of drug-likeness (QED) is 0.341. The number of β-lactam (4-membered cyclic amide) rings is 1. The van der Waals surface area contributed by atoms with Crippen LogP contribution in [-0.4, -0.2) is 47.8 Å². The monoisotopic (exact) mass is 569 g/mol. The van der Waals surface area contributed by atoms with E-state index in [1.54, 1.807) is 12.0 Å². The van der Waals surface area contributed by atoms with E-state index < -0.39 is 34.8 Å². The fourth-order valence-electron chi connectivity index (χ4n) is 9.63. The van der Waals surface area contributed by atoms with E-state index in [0.717, 1.165) is 47.0 Å². The van der Waals surface area contributed by atoms with E-state index in [4.69, 9.17) is 9.47 Å². The average Bonchev–Trinajstić information content (AvgIpc) is 3.72. The first kappa shape index (κ1) is 25.3.